The first kappa shape index (κ1) is 20.5. The number of thiazole rings is 1. The number of carbonyl (C=O) groups excluding carboxylic acids is 1. The molecule has 5 rings (SSSR count). The van der Waals surface area contributed by atoms with Gasteiger partial charge < -0.3 is 15.0 Å². The number of aromatic nitrogens is 3. The zero-order valence-corrected chi connectivity index (χ0v) is 18.5. The van der Waals surface area contributed by atoms with Crippen LogP contribution in [-0.2, 0) is 23.1 Å². The Kier molecular flexibility index (Phi) is 5.50. The first-order chi connectivity index (χ1) is 15.6. The summed E-state index contributed by atoms with van der Waals surface area (Å²) in [6, 6.07) is 15.0. The lowest BCUT2D eigenvalue weighted by molar-refractivity contribution is -0.116. The third kappa shape index (κ3) is 3.92. The second kappa shape index (κ2) is 8.60. The van der Waals surface area contributed by atoms with Crippen LogP contribution in [0.4, 0.5) is 10.8 Å². The van der Waals surface area contributed by atoms with Gasteiger partial charge in [0.1, 0.15) is 6.54 Å². The molecule has 32 heavy (non-hydrogen) atoms. The van der Waals surface area contributed by atoms with Crippen molar-refractivity contribution in [2.75, 3.05) is 36.5 Å². The van der Waals surface area contributed by atoms with Crippen molar-refractivity contribution < 1.29 is 9.53 Å². The number of imidazole rings is 1. The number of nitrogens with one attached hydrogen (secondary N) is 1. The van der Waals surface area contributed by atoms with E-state index < -0.39 is 0 Å². The molecule has 164 valence electrons. The minimum Gasteiger partial charge on any atom is -0.378 e. The van der Waals surface area contributed by atoms with Crippen molar-refractivity contribution in [1.29, 1.82) is 0 Å². The predicted molar refractivity (Wildman–Crippen MR) is 126 cm³/mol. The summed E-state index contributed by atoms with van der Waals surface area (Å²) in [6.45, 7) is 3.13. The maximum absolute atomic E-state index is 12.6. The second-order valence-corrected chi connectivity index (χ2v) is 8.49. The number of aryl methyl sites for hydroxylation is 1. The van der Waals surface area contributed by atoms with Crippen molar-refractivity contribution in [3.63, 3.8) is 0 Å². The van der Waals surface area contributed by atoms with Crippen molar-refractivity contribution in [1.82, 2.24) is 14.1 Å². The molecule has 1 fully saturated rings. The number of rotatable bonds is 5. The molecular weight excluding hydrogens is 426 g/mol. The molecule has 0 bridgehead atoms. The van der Waals surface area contributed by atoms with E-state index in [4.69, 9.17) is 9.72 Å². The SMILES string of the molecule is Cn1c(=O)n(CC(=O)Nc2ccc(-c3csc(N4CCOCC4)n3)cc2)c2ccccc21. The van der Waals surface area contributed by atoms with Crippen molar-refractivity contribution in [3.8, 4) is 11.3 Å². The van der Waals surface area contributed by atoms with E-state index in [1.54, 1.807) is 23.0 Å². The van der Waals surface area contributed by atoms with Gasteiger partial charge in [0.15, 0.2) is 5.13 Å². The van der Waals surface area contributed by atoms with Crippen molar-refractivity contribution in [2.45, 2.75) is 6.54 Å². The van der Waals surface area contributed by atoms with Gasteiger partial charge in [-0.2, -0.15) is 0 Å². The molecule has 0 radical (unpaired) electrons. The van der Waals surface area contributed by atoms with Gasteiger partial charge in [0.2, 0.25) is 5.91 Å². The van der Waals surface area contributed by atoms with Crippen molar-refractivity contribution >= 4 is 39.1 Å². The molecule has 0 saturated carbocycles. The largest absolute Gasteiger partial charge is 0.378 e. The highest BCUT2D eigenvalue weighted by molar-refractivity contribution is 7.14. The zero-order chi connectivity index (χ0) is 22.1. The minimum absolute atomic E-state index is 0.0447. The van der Waals surface area contributed by atoms with Gasteiger partial charge in [-0.1, -0.05) is 24.3 Å². The fourth-order valence-electron chi connectivity index (χ4n) is 3.88. The van der Waals surface area contributed by atoms with Crippen LogP contribution in [0.5, 0.6) is 0 Å². The minimum atomic E-state index is -0.250. The molecule has 4 aromatic rings. The molecule has 9 heteroatoms. The summed E-state index contributed by atoms with van der Waals surface area (Å²) < 4.78 is 8.44. The van der Waals surface area contributed by atoms with E-state index in [-0.39, 0.29) is 18.1 Å². The lowest BCUT2D eigenvalue weighted by atomic mass is 10.1. The maximum atomic E-state index is 12.6. The number of ether oxygens (including phenoxy) is 1. The number of hydrogen-bond donors (Lipinski definition) is 1. The molecule has 1 aliphatic heterocycles. The van der Waals surface area contributed by atoms with E-state index in [0.717, 1.165) is 53.7 Å². The summed E-state index contributed by atoms with van der Waals surface area (Å²) in [5.41, 5.74) is 3.91. The Morgan fingerprint density at radius 3 is 2.56 bits per heavy atom. The van der Waals surface area contributed by atoms with Crippen LogP contribution in [0.15, 0.2) is 58.7 Å². The molecule has 0 spiro atoms. The smallest absolute Gasteiger partial charge is 0.329 e. The molecule has 1 saturated heterocycles. The molecule has 2 aromatic heterocycles. The van der Waals surface area contributed by atoms with Gasteiger partial charge in [0.05, 0.1) is 29.9 Å². The molecule has 1 amide bonds. The normalized spacial score (nSPS) is 14.1. The zero-order valence-electron chi connectivity index (χ0n) is 17.7. The highest BCUT2D eigenvalue weighted by atomic mass is 32.1. The molecule has 1 N–H and O–H groups in total. The van der Waals surface area contributed by atoms with Gasteiger partial charge in [0, 0.05) is 36.8 Å². The van der Waals surface area contributed by atoms with E-state index in [1.165, 1.54) is 4.57 Å². The summed E-state index contributed by atoms with van der Waals surface area (Å²) in [5, 5.41) is 5.93. The van der Waals surface area contributed by atoms with Crippen LogP contribution in [-0.4, -0.2) is 46.3 Å². The summed E-state index contributed by atoms with van der Waals surface area (Å²) in [5.74, 6) is -0.250. The second-order valence-electron chi connectivity index (χ2n) is 7.66. The Morgan fingerprint density at radius 1 is 1.09 bits per heavy atom. The number of fused-ring (bicyclic) bond motifs is 1. The molecule has 0 aliphatic carbocycles. The number of benzene rings is 2. The van der Waals surface area contributed by atoms with E-state index in [0.29, 0.717) is 5.69 Å². The van der Waals surface area contributed by atoms with Crippen LogP contribution in [0.2, 0.25) is 0 Å². The number of hydrogen-bond acceptors (Lipinski definition) is 6. The highest BCUT2D eigenvalue weighted by Crippen LogP contribution is 2.28. The van der Waals surface area contributed by atoms with E-state index >= 15 is 0 Å². The summed E-state index contributed by atoms with van der Waals surface area (Å²) in [7, 11) is 1.71. The van der Waals surface area contributed by atoms with Crippen LogP contribution in [0.25, 0.3) is 22.3 Å². The molecule has 0 unspecified atom stereocenters. The molecule has 1 aliphatic rings. The highest BCUT2D eigenvalue weighted by Gasteiger charge is 2.16. The average molecular weight is 450 g/mol. The van der Waals surface area contributed by atoms with Crippen molar-refractivity contribution in [2.24, 2.45) is 7.05 Å². The van der Waals surface area contributed by atoms with Crippen LogP contribution in [0, 0.1) is 0 Å². The number of nitrogens with zero attached hydrogens (tertiary/aromatic N) is 4. The number of para-hydroxylation sites is 2. The van der Waals surface area contributed by atoms with Gasteiger partial charge in [-0.05, 0) is 24.3 Å². The molecule has 2 aromatic carbocycles. The topological polar surface area (TPSA) is 81.4 Å². The van der Waals surface area contributed by atoms with E-state index in [9.17, 15) is 9.59 Å². The Bertz CT molecular complexity index is 1320. The molecule has 8 nitrogen and oxygen atoms in total. The fourth-order valence-corrected chi connectivity index (χ4v) is 4.77. The molecule has 3 heterocycles. The van der Waals surface area contributed by atoms with E-state index in [2.05, 4.69) is 10.2 Å². The predicted octanol–water partition coefficient (Wildman–Crippen LogP) is 2.94. The van der Waals surface area contributed by atoms with Gasteiger partial charge in [-0.25, -0.2) is 9.78 Å². The Labute approximate surface area is 188 Å². The number of amides is 1. The fraction of sp³-hybridized carbons (Fsp3) is 0.261. The monoisotopic (exact) mass is 449 g/mol. The first-order valence-corrected chi connectivity index (χ1v) is 11.3. The van der Waals surface area contributed by atoms with Gasteiger partial charge in [-0.3, -0.25) is 13.9 Å². The quantitative estimate of drug-likeness (QED) is 0.507. The number of carbonyl (C=O) groups is 1. The number of anilines is 2. The van der Waals surface area contributed by atoms with Gasteiger partial charge >= 0.3 is 5.69 Å². The summed E-state index contributed by atoms with van der Waals surface area (Å²) in [4.78, 5) is 32.1. The Morgan fingerprint density at radius 2 is 1.81 bits per heavy atom. The van der Waals surface area contributed by atoms with Crippen LogP contribution >= 0.6 is 11.3 Å². The molecule has 0 atom stereocenters. The van der Waals surface area contributed by atoms with Gasteiger partial charge in [-0.15, -0.1) is 11.3 Å². The summed E-state index contributed by atoms with van der Waals surface area (Å²) >= 11 is 1.63. The number of morpholine rings is 1. The Balaban J connectivity index is 1.27. The van der Waals surface area contributed by atoms with Crippen LogP contribution in [0.3, 0.4) is 0 Å². The van der Waals surface area contributed by atoms with Crippen LogP contribution in [0.1, 0.15) is 0 Å². The lowest BCUT2D eigenvalue weighted by Gasteiger charge is -2.26. The first-order valence-electron chi connectivity index (χ1n) is 10.4. The average Bonchev–Trinajstić information content (AvgIpc) is 3.41. The maximum Gasteiger partial charge on any atom is 0.329 e. The third-order valence-corrected chi connectivity index (χ3v) is 6.49. The van der Waals surface area contributed by atoms with Crippen LogP contribution < -0.4 is 15.9 Å². The Hall–Kier alpha value is -3.43. The third-order valence-electron chi connectivity index (χ3n) is 5.59. The lowest BCUT2D eigenvalue weighted by Crippen LogP contribution is -2.36. The molecular formula is C23H23N5O3S. The van der Waals surface area contributed by atoms with E-state index in [1.807, 2.05) is 53.9 Å². The van der Waals surface area contributed by atoms with Crippen molar-refractivity contribution in [3.05, 3.63) is 64.4 Å². The summed E-state index contributed by atoms with van der Waals surface area (Å²) in [6.07, 6.45) is 0. The standard InChI is InChI=1S/C23H23N5O3S/c1-26-19-4-2-3-5-20(19)28(23(26)30)14-21(29)24-17-8-6-16(7-9-17)18-15-32-22(25-18)27-10-12-31-13-11-27/h2-9,15H,10-14H2,1H3,(H,24,29). The van der Waals surface area contributed by atoms with Gasteiger partial charge in [0.25, 0.3) is 0 Å².